The minimum absolute atomic E-state index is 0.224. The maximum absolute atomic E-state index is 9.87. The molecule has 0 aliphatic rings. The van der Waals surface area contributed by atoms with E-state index in [9.17, 15) is 5.11 Å². The summed E-state index contributed by atoms with van der Waals surface area (Å²) >= 11 is 0. The number of nitrogens with zero attached hydrogens (tertiary/aromatic N) is 1. The Hall–Kier alpha value is -1.06. The number of rotatable bonds is 5. The molecule has 3 heteroatoms. The highest BCUT2D eigenvalue weighted by Crippen LogP contribution is 2.28. The lowest BCUT2D eigenvalue weighted by Gasteiger charge is -2.27. The van der Waals surface area contributed by atoms with Gasteiger partial charge in [-0.2, -0.15) is 0 Å². The number of nitrogens with two attached hydrogens (primary N) is 1. The molecule has 1 aromatic rings. The molecule has 1 aromatic carbocycles. The second-order valence-electron chi connectivity index (χ2n) is 3.99. The summed E-state index contributed by atoms with van der Waals surface area (Å²) in [5, 5.41) is 9.87. The van der Waals surface area contributed by atoms with Gasteiger partial charge in [0.05, 0.1) is 0 Å². The Labute approximate surface area is 97.9 Å². The first-order valence-corrected chi connectivity index (χ1v) is 5.89. The summed E-state index contributed by atoms with van der Waals surface area (Å²) in [6, 6.07) is 5.82. The van der Waals surface area contributed by atoms with E-state index in [-0.39, 0.29) is 6.04 Å². The number of benzene rings is 1. The second-order valence-corrected chi connectivity index (χ2v) is 3.99. The molecular weight excluding hydrogens is 200 g/mol. The van der Waals surface area contributed by atoms with Crippen LogP contribution in [0.15, 0.2) is 18.2 Å². The first kappa shape index (κ1) is 13.0. The fraction of sp³-hybridized carbons (Fsp3) is 0.538. The SMILES string of the molecule is CCN(CC)C(C)c1cc(CN)ccc1O. The molecule has 3 nitrogen and oxygen atoms in total. The van der Waals surface area contributed by atoms with Crippen LogP contribution in [0.2, 0.25) is 0 Å². The van der Waals surface area contributed by atoms with Crippen molar-refractivity contribution in [2.45, 2.75) is 33.4 Å². The maximum Gasteiger partial charge on any atom is 0.120 e. The summed E-state index contributed by atoms with van der Waals surface area (Å²) in [5.74, 6) is 0.358. The molecule has 1 unspecified atom stereocenters. The Morgan fingerprint density at radius 3 is 2.44 bits per heavy atom. The number of phenols is 1. The van der Waals surface area contributed by atoms with E-state index in [1.165, 1.54) is 0 Å². The van der Waals surface area contributed by atoms with Gasteiger partial charge in [0.25, 0.3) is 0 Å². The Morgan fingerprint density at radius 2 is 1.94 bits per heavy atom. The van der Waals surface area contributed by atoms with Gasteiger partial charge in [-0.3, -0.25) is 4.90 Å². The largest absolute Gasteiger partial charge is 0.508 e. The number of phenolic OH excluding ortho intramolecular Hbond substituents is 1. The molecule has 0 spiro atoms. The minimum Gasteiger partial charge on any atom is -0.508 e. The van der Waals surface area contributed by atoms with E-state index in [0.717, 1.165) is 24.2 Å². The topological polar surface area (TPSA) is 49.5 Å². The molecule has 0 aliphatic carbocycles. The van der Waals surface area contributed by atoms with Crippen LogP contribution in [-0.4, -0.2) is 23.1 Å². The van der Waals surface area contributed by atoms with Crippen LogP contribution in [0.1, 0.15) is 37.9 Å². The first-order chi connectivity index (χ1) is 7.63. The van der Waals surface area contributed by atoms with Crippen LogP contribution < -0.4 is 5.73 Å². The van der Waals surface area contributed by atoms with Gasteiger partial charge >= 0.3 is 0 Å². The van der Waals surface area contributed by atoms with Gasteiger partial charge in [-0.1, -0.05) is 19.9 Å². The molecule has 0 aliphatic heterocycles. The number of aromatic hydroxyl groups is 1. The molecule has 0 bridgehead atoms. The van der Waals surface area contributed by atoms with Crippen molar-refractivity contribution in [2.24, 2.45) is 5.73 Å². The van der Waals surface area contributed by atoms with Crippen molar-refractivity contribution in [1.82, 2.24) is 4.90 Å². The molecule has 1 rings (SSSR count). The molecule has 0 heterocycles. The lowest BCUT2D eigenvalue weighted by Crippen LogP contribution is -2.26. The molecule has 90 valence electrons. The summed E-state index contributed by atoms with van der Waals surface area (Å²) in [6.07, 6.45) is 0. The van der Waals surface area contributed by atoms with E-state index >= 15 is 0 Å². The van der Waals surface area contributed by atoms with Gasteiger partial charge in [0.1, 0.15) is 5.75 Å². The minimum atomic E-state index is 0.224. The number of hydrogen-bond acceptors (Lipinski definition) is 3. The monoisotopic (exact) mass is 222 g/mol. The van der Waals surface area contributed by atoms with Crippen molar-refractivity contribution < 1.29 is 5.11 Å². The molecule has 0 fully saturated rings. The summed E-state index contributed by atoms with van der Waals surface area (Å²) < 4.78 is 0. The zero-order chi connectivity index (χ0) is 12.1. The van der Waals surface area contributed by atoms with Crippen LogP contribution in [0.4, 0.5) is 0 Å². The summed E-state index contributed by atoms with van der Waals surface area (Å²) in [5.41, 5.74) is 7.64. The van der Waals surface area contributed by atoms with Gasteiger partial charge in [-0.25, -0.2) is 0 Å². The van der Waals surface area contributed by atoms with Gasteiger partial charge in [0.15, 0.2) is 0 Å². The highest BCUT2D eigenvalue weighted by Gasteiger charge is 2.16. The quantitative estimate of drug-likeness (QED) is 0.803. The zero-order valence-electron chi connectivity index (χ0n) is 10.4. The van der Waals surface area contributed by atoms with Crippen LogP contribution >= 0.6 is 0 Å². The Balaban J connectivity index is 3.01. The van der Waals surface area contributed by atoms with E-state index < -0.39 is 0 Å². The van der Waals surface area contributed by atoms with Crippen molar-refractivity contribution in [3.8, 4) is 5.75 Å². The van der Waals surface area contributed by atoms with E-state index in [4.69, 9.17) is 5.73 Å². The molecule has 1 atom stereocenters. The van der Waals surface area contributed by atoms with Gasteiger partial charge in [0, 0.05) is 18.2 Å². The predicted octanol–water partition coefficient (Wildman–Crippen LogP) is 2.25. The van der Waals surface area contributed by atoms with Gasteiger partial charge < -0.3 is 10.8 Å². The summed E-state index contributed by atoms with van der Waals surface area (Å²) in [6.45, 7) is 8.84. The average molecular weight is 222 g/mol. The fourth-order valence-electron chi connectivity index (χ4n) is 2.03. The molecule has 0 aromatic heterocycles. The maximum atomic E-state index is 9.87. The molecule has 3 N–H and O–H groups in total. The molecule has 0 saturated heterocycles. The number of hydrogen-bond donors (Lipinski definition) is 2. The summed E-state index contributed by atoms with van der Waals surface area (Å²) in [4.78, 5) is 2.30. The van der Waals surface area contributed by atoms with Gasteiger partial charge in [0.2, 0.25) is 0 Å². The van der Waals surface area contributed by atoms with E-state index in [1.807, 2.05) is 12.1 Å². The first-order valence-electron chi connectivity index (χ1n) is 5.89. The molecule has 0 saturated carbocycles. The van der Waals surface area contributed by atoms with E-state index in [1.54, 1.807) is 6.07 Å². The van der Waals surface area contributed by atoms with Crippen LogP contribution in [0.25, 0.3) is 0 Å². The summed E-state index contributed by atoms with van der Waals surface area (Å²) in [7, 11) is 0. The van der Waals surface area contributed by atoms with E-state index in [2.05, 4.69) is 25.7 Å². The van der Waals surface area contributed by atoms with Gasteiger partial charge in [-0.05, 0) is 37.7 Å². The smallest absolute Gasteiger partial charge is 0.120 e. The normalized spacial score (nSPS) is 13.1. The van der Waals surface area contributed by atoms with Crippen LogP contribution in [-0.2, 0) is 6.54 Å². The second kappa shape index (κ2) is 5.87. The van der Waals surface area contributed by atoms with Crippen molar-refractivity contribution in [2.75, 3.05) is 13.1 Å². The Kier molecular flexibility index (Phi) is 4.77. The predicted molar refractivity (Wildman–Crippen MR) is 67.3 cm³/mol. The molecule has 0 amide bonds. The van der Waals surface area contributed by atoms with Crippen molar-refractivity contribution in [3.05, 3.63) is 29.3 Å². The van der Waals surface area contributed by atoms with Crippen LogP contribution in [0.3, 0.4) is 0 Å². The third-order valence-corrected chi connectivity index (χ3v) is 3.14. The van der Waals surface area contributed by atoms with Crippen LogP contribution in [0, 0.1) is 0 Å². The Bertz CT molecular complexity index is 335. The molecule has 16 heavy (non-hydrogen) atoms. The lowest BCUT2D eigenvalue weighted by atomic mass is 10.0. The van der Waals surface area contributed by atoms with Crippen molar-refractivity contribution >= 4 is 0 Å². The highest BCUT2D eigenvalue weighted by atomic mass is 16.3. The Morgan fingerprint density at radius 1 is 1.31 bits per heavy atom. The molecule has 0 radical (unpaired) electrons. The zero-order valence-corrected chi connectivity index (χ0v) is 10.4. The van der Waals surface area contributed by atoms with Crippen LogP contribution in [0.5, 0.6) is 5.75 Å². The third kappa shape index (κ3) is 2.74. The highest BCUT2D eigenvalue weighted by molar-refractivity contribution is 5.38. The fourth-order valence-corrected chi connectivity index (χ4v) is 2.03. The van der Waals surface area contributed by atoms with Gasteiger partial charge in [-0.15, -0.1) is 0 Å². The third-order valence-electron chi connectivity index (χ3n) is 3.14. The van der Waals surface area contributed by atoms with Crippen molar-refractivity contribution in [3.63, 3.8) is 0 Å². The molecular formula is C13H22N2O. The lowest BCUT2D eigenvalue weighted by molar-refractivity contribution is 0.230. The average Bonchev–Trinajstić information content (AvgIpc) is 2.31. The van der Waals surface area contributed by atoms with E-state index in [0.29, 0.717) is 12.3 Å². The standard InChI is InChI=1S/C13H22N2O/c1-4-15(5-2)10(3)12-8-11(9-14)6-7-13(12)16/h6-8,10,16H,4-5,9,14H2,1-3H3. The van der Waals surface area contributed by atoms with Crippen molar-refractivity contribution in [1.29, 1.82) is 0 Å².